The van der Waals surface area contributed by atoms with Gasteiger partial charge in [-0.25, -0.2) is 0 Å². The Hall–Kier alpha value is -3.26. The molecule has 1 fully saturated rings. The lowest BCUT2D eigenvalue weighted by molar-refractivity contribution is -0.135. The van der Waals surface area contributed by atoms with Gasteiger partial charge in [-0.1, -0.05) is 22.8 Å². The Bertz CT molecular complexity index is 1050. The molecule has 8 nitrogen and oxygen atoms in total. The highest BCUT2D eigenvalue weighted by Gasteiger charge is 2.27. The molecule has 0 spiro atoms. The maximum atomic E-state index is 12.6. The van der Waals surface area contributed by atoms with Crippen molar-refractivity contribution in [3.8, 4) is 11.4 Å². The van der Waals surface area contributed by atoms with Crippen molar-refractivity contribution in [1.82, 2.24) is 25.3 Å². The summed E-state index contributed by atoms with van der Waals surface area (Å²) in [6.07, 6.45) is 5.43. The fourth-order valence-electron chi connectivity index (χ4n) is 3.67. The van der Waals surface area contributed by atoms with Gasteiger partial charge in [0.05, 0.1) is 0 Å². The molecule has 3 heterocycles. The van der Waals surface area contributed by atoms with Gasteiger partial charge in [-0.05, 0) is 48.7 Å². The van der Waals surface area contributed by atoms with Gasteiger partial charge in [0.15, 0.2) is 0 Å². The summed E-state index contributed by atoms with van der Waals surface area (Å²) >= 11 is 5.90. The van der Waals surface area contributed by atoms with Crippen LogP contribution in [0.5, 0.6) is 0 Å². The van der Waals surface area contributed by atoms with Crippen molar-refractivity contribution in [3.63, 3.8) is 0 Å². The molecule has 166 valence electrons. The molecular formula is C23H24ClN5O3. The standard InChI is InChI=1S/C23H24ClN5O3/c24-19-5-3-17(4-6-19)22-27-20(32-28-22)7-8-21(30)29-12-9-18(10-13-29)23(31)26-15-16-2-1-11-25-14-16/h1-6,11,14,18H,7-10,12-13,15H2,(H,26,31). The van der Waals surface area contributed by atoms with Crippen molar-refractivity contribution in [2.45, 2.75) is 32.2 Å². The maximum Gasteiger partial charge on any atom is 0.227 e. The highest BCUT2D eigenvalue weighted by molar-refractivity contribution is 6.30. The van der Waals surface area contributed by atoms with Crippen LogP contribution in [-0.2, 0) is 22.6 Å². The normalized spacial score (nSPS) is 14.3. The lowest BCUT2D eigenvalue weighted by Gasteiger charge is -2.31. The van der Waals surface area contributed by atoms with E-state index in [4.69, 9.17) is 16.1 Å². The van der Waals surface area contributed by atoms with Crippen molar-refractivity contribution in [3.05, 3.63) is 65.3 Å². The minimum absolute atomic E-state index is 0.0292. The van der Waals surface area contributed by atoms with Crippen molar-refractivity contribution in [2.24, 2.45) is 5.92 Å². The van der Waals surface area contributed by atoms with E-state index in [1.807, 2.05) is 24.3 Å². The van der Waals surface area contributed by atoms with E-state index in [0.29, 0.717) is 62.1 Å². The van der Waals surface area contributed by atoms with Crippen LogP contribution in [0, 0.1) is 5.92 Å². The van der Waals surface area contributed by atoms with Crippen LogP contribution in [0.4, 0.5) is 0 Å². The lowest BCUT2D eigenvalue weighted by Crippen LogP contribution is -2.43. The van der Waals surface area contributed by atoms with E-state index in [9.17, 15) is 9.59 Å². The summed E-state index contributed by atoms with van der Waals surface area (Å²) in [4.78, 5) is 35.2. The summed E-state index contributed by atoms with van der Waals surface area (Å²) in [7, 11) is 0. The van der Waals surface area contributed by atoms with Crippen LogP contribution < -0.4 is 5.32 Å². The molecule has 1 aliphatic rings. The number of likely N-dealkylation sites (tertiary alicyclic amines) is 1. The van der Waals surface area contributed by atoms with Crippen LogP contribution in [0.3, 0.4) is 0 Å². The Morgan fingerprint density at radius 2 is 1.94 bits per heavy atom. The van der Waals surface area contributed by atoms with Gasteiger partial charge in [0.2, 0.25) is 23.5 Å². The van der Waals surface area contributed by atoms with Crippen LogP contribution in [0.15, 0.2) is 53.3 Å². The number of aryl methyl sites for hydroxylation is 1. The molecule has 9 heteroatoms. The second kappa shape index (κ2) is 10.4. The van der Waals surface area contributed by atoms with Gasteiger partial charge in [-0.3, -0.25) is 14.6 Å². The van der Waals surface area contributed by atoms with Crippen LogP contribution >= 0.6 is 11.6 Å². The van der Waals surface area contributed by atoms with Crippen LogP contribution in [0.1, 0.15) is 30.7 Å². The average molecular weight is 454 g/mol. The summed E-state index contributed by atoms with van der Waals surface area (Å²) in [5.41, 5.74) is 1.77. The molecule has 2 amide bonds. The molecule has 1 N–H and O–H groups in total. The number of rotatable bonds is 7. The Morgan fingerprint density at radius 3 is 2.66 bits per heavy atom. The molecule has 0 atom stereocenters. The van der Waals surface area contributed by atoms with E-state index in [0.717, 1.165) is 11.1 Å². The zero-order valence-corrected chi connectivity index (χ0v) is 18.3. The monoisotopic (exact) mass is 453 g/mol. The molecule has 1 aromatic carbocycles. The minimum Gasteiger partial charge on any atom is -0.352 e. The summed E-state index contributed by atoms with van der Waals surface area (Å²) in [5.74, 6) is 0.885. The molecule has 0 saturated carbocycles. The predicted octanol–water partition coefficient (Wildman–Crippen LogP) is 3.27. The summed E-state index contributed by atoms with van der Waals surface area (Å²) < 4.78 is 5.28. The van der Waals surface area contributed by atoms with E-state index < -0.39 is 0 Å². The largest absolute Gasteiger partial charge is 0.352 e. The topological polar surface area (TPSA) is 101 Å². The van der Waals surface area contributed by atoms with Crippen molar-refractivity contribution < 1.29 is 14.1 Å². The highest BCUT2D eigenvalue weighted by Crippen LogP contribution is 2.21. The fraction of sp³-hybridized carbons (Fsp3) is 0.348. The molecule has 4 rings (SSSR count). The third-order valence-electron chi connectivity index (χ3n) is 5.53. The fourth-order valence-corrected chi connectivity index (χ4v) is 3.80. The predicted molar refractivity (Wildman–Crippen MR) is 118 cm³/mol. The number of pyridine rings is 1. The quantitative estimate of drug-likeness (QED) is 0.589. The molecule has 0 aliphatic carbocycles. The van der Waals surface area contributed by atoms with Crippen molar-refractivity contribution >= 4 is 23.4 Å². The Labute approximate surface area is 191 Å². The number of nitrogens with zero attached hydrogens (tertiary/aromatic N) is 4. The molecular weight excluding hydrogens is 430 g/mol. The first-order chi connectivity index (χ1) is 15.6. The molecule has 1 saturated heterocycles. The Morgan fingerprint density at radius 1 is 1.16 bits per heavy atom. The summed E-state index contributed by atoms with van der Waals surface area (Å²) in [5, 5.41) is 7.57. The molecule has 0 unspecified atom stereocenters. The summed E-state index contributed by atoms with van der Waals surface area (Å²) in [6, 6.07) is 10.9. The van der Waals surface area contributed by atoms with Gasteiger partial charge in [0.1, 0.15) is 0 Å². The van der Waals surface area contributed by atoms with Gasteiger partial charge in [-0.15, -0.1) is 0 Å². The number of hydrogen-bond donors (Lipinski definition) is 1. The van der Waals surface area contributed by atoms with E-state index in [1.165, 1.54) is 0 Å². The van der Waals surface area contributed by atoms with Gasteiger partial charge in [0.25, 0.3) is 0 Å². The minimum atomic E-state index is -0.0754. The molecule has 0 bridgehead atoms. The number of benzene rings is 1. The Kier molecular flexibility index (Phi) is 7.11. The molecule has 3 aromatic rings. The number of aromatic nitrogens is 3. The molecule has 0 radical (unpaired) electrons. The second-order valence-corrected chi connectivity index (χ2v) is 8.19. The maximum absolute atomic E-state index is 12.6. The first-order valence-electron chi connectivity index (χ1n) is 10.6. The number of carbonyl (C=O) groups is 2. The van der Waals surface area contributed by atoms with Gasteiger partial charge >= 0.3 is 0 Å². The SMILES string of the molecule is O=C(NCc1cccnc1)C1CCN(C(=O)CCc2nc(-c3ccc(Cl)cc3)no2)CC1. The number of amides is 2. The summed E-state index contributed by atoms with van der Waals surface area (Å²) in [6.45, 7) is 1.61. The van der Waals surface area contributed by atoms with E-state index in [2.05, 4.69) is 20.4 Å². The molecule has 1 aliphatic heterocycles. The van der Waals surface area contributed by atoms with Gasteiger partial charge < -0.3 is 14.7 Å². The molecule has 32 heavy (non-hydrogen) atoms. The van der Waals surface area contributed by atoms with Crippen LogP contribution in [0.2, 0.25) is 5.02 Å². The van der Waals surface area contributed by atoms with Crippen LogP contribution in [-0.4, -0.2) is 44.9 Å². The van der Waals surface area contributed by atoms with Crippen molar-refractivity contribution in [1.29, 1.82) is 0 Å². The lowest BCUT2D eigenvalue weighted by atomic mass is 9.95. The number of nitrogens with one attached hydrogen (secondary N) is 1. The third kappa shape index (κ3) is 5.70. The van der Waals surface area contributed by atoms with Crippen LogP contribution in [0.25, 0.3) is 11.4 Å². The number of piperidine rings is 1. The average Bonchev–Trinajstić information content (AvgIpc) is 3.31. The third-order valence-corrected chi connectivity index (χ3v) is 5.78. The second-order valence-electron chi connectivity index (χ2n) is 7.75. The highest BCUT2D eigenvalue weighted by atomic mass is 35.5. The van der Waals surface area contributed by atoms with E-state index >= 15 is 0 Å². The smallest absolute Gasteiger partial charge is 0.227 e. The van der Waals surface area contributed by atoms with Gasteiger partial charge in [0, 0.05) is 61.4 Å². The van der Waals surface area contributed by atoms with E-state index in [-0.39, 0.29) is 17.7 Å². The zero-order chi connectivity index (χ0) is 22.3. The first kappa shape index (κ1) is 22.0. The number of halogens is 1. The zero-order valence-electron chi connectivity index (χ0n) is 17.5. The van der Waals surface area contributed by atoms with Crippen molar-refractivity contribution in [2.75, 3.05) is 13.1 Å². The number of hydrogen-bond acceptors (Lipinski definition) is 6. The van der Waals surface area contributed by atoms with E-state index in [1.54, 1.807) is 29.4 Å². The molecule has 2 aromatic heterocycles. The van der Waals surface area contributed by atoms with Gasteiger partial charge in [-0.2, -0.15) is 4.98 Å². The number of carbonyl (C=O) groups excluding carboxylic acids is 2. The Balaban J connectivity index is 1.20. The first-order valence-corrected chi connectivity index (χ1v) is 11.0.